The molecular weight excluding hydrogens is 931 g/mol. The molecule has 1 N–H and O–H groups in total. The lowest BCUT2D eigenvalue weighted by molar-refractivity contribution is -0.133. The standard InChI is InChI=1S/C18H23N3O6.C16H19N3O5.CH4.BBr3/c1-3-12-9-14(23)27-17-15(12)16(24)20(18(25)21(17)11-26-2)10-13(22)19-7-5-4-6-8-19;1-2-10-8-12(21)24-14-13(10)15(22)19(16(23)17-14)9-11(20)18-6-4-3-5-7-18;;2-1(3)4/h9H,3-8,10-11H2,1-2H3;8H,2-7,9H2,1H3,(H,17,23);1H4;. The molecule has 2 saturated heterocycles. The second-order valence-electron chi connectivity index (χ2n) is 12.7. The molecule has 0 spiro atoms. The number of H-pyrrole nitrogens is 1. The van der Waals surface area contributed by atoms with Gasteiger partial charge in [-0.3, -0.25) is 28.7 Å². The topological polar surface area (TPSA) is 209 Å². The van der Waals surface area contributed by atoms with Crippen molar-refractivity contribution in [3.63, 3.8) is 0 Å². The number of carbonyl (C=O) groups excluding carboxylic acids is 2. The van der Waals surface area contributed by atoms with Gasteiger partial charge in [0.15, 0.2) is 0 Å². The average molecular weight is 977 g/mol. The number of rotatable bonds is 8. The monoisotopic (exact) mass is 974 g/mol. The first-order valence-corrected chi connectivity index (χ1v) is 20.5. The first-order chi connectivity index (χ1) is 26.2. The van der Waals surface area contributed by atoms with Gasteiger partial charge in [0.1, 0.15) is 30.6 Å². The number of aromatic nitrogens is 4. The van der Waals surface area contributed by atoms with Gasteiger partial charge in [0.05, 0.1) is 0 Å². The molecule has 4 aromatic heterocycles. The summed E-state index contributed by atoms with van der Waals surface area (Å²) in [5, 5.41) is 0.267. The molecule has 4 aromatic rings. The Balaban J connectivity index is 0.000000271. The van der Waals surface area contributed by atoms with E-state index in [4.69, 9.17) is 13.6 Å². The zero-order valence-electron chi connectivity index (χ0n) is 30.7. The van der Waals surface area contributed by atoms with Crippen LogP contribution in [0.25, 0.3) is 22.2 Å². The van der Waals surface area contributed by atoms with Crippen LogP contribution in [0.3, 0.4) is 0 Å². The van der Waals surface area contributed by atoms with E-state index in [1.165, 1.54) is 19.2 Å². The molecule has 2 amide bonds. The number of fused-ring (bicyclic) bond motifs is 2. The van der Waals surface area contributed by atoms with Crippen LogP contribution in [0.4, 0.5) is 0 Å². The van der Waals surface area contributed by atoms with Gasteiger partial charge in [-0.05, 0) is 62.5 Å². The lowest BCUT2D eigenvalue weighted by Gasteiger charge is -2.27. The van der Waals surface area contributed by atoms with Crippen LogP contribution >= 0.6 is 47.3 Å². The summed E-state index contributed by atoms with van der Waals surface area (Å²) in [5.74, 6) is -0.523. The number of carbonyl (C=O) groups is 2. The van der Waals surface area contributed by atoms with Crippen molar-refractivity contribution in [3.8, 4) is 0 Å². The average Bonchev–Trinajstić information content (AvgIpc) is 3.16. The minimum absolute atomic E-state index is 0. The SMILES string of the molecule is BrB(Br)Br.C.CCc1cc(=O)oc2[nH]c(=O)n(CC(=O)N3CCCCC3)c(=O)c12.CCc1cc(=O)oc2c1c(=O)n(CC(=O)N1CCCCC1)c(=O)n2COC. The fraction of sp³-hybridized carbons (Fsp3) is 0.543. The maximum atomic E-state index is 13.0. The van der Waals surface area contributed by atoms with Crippen molar-refractivity contribution >= 4 is 84.5 Å². The molecule has 0 radical (unpaired) electrons. The van der Waals surface area contributed by atoms with Gasteiger partial charge in [-0.25, -0.2) is 28.3 Å². The van der Waals surface area contributed by atoms with E-state index in [0.29, 0.717) is 50.1 Å². The molecule has 0 aromatic carbocycles. The normalized spacial score (nSPS) is 14.0. The van der Waals surface area contributed by atoms with Crippen LogP contribution in [0.1, 0.15) is 70.9 Å². The number of nitrogens with zero attached hydrogens (tertiary/aromatic N) is 5. The van der Waals surface area contributed by atoms with Crippen LogP contribution in [0.5, 0.6) is 0 Å². The number of methoxy groups -OCH3 is 1. The Morgan fingerprint density at radius 3 is 1.64 bits per heavy atom. The summed E-state index contributed by atoms with van der Waals surface area (Å²) in [4.78, 5) is 105. The van der Waals surface area contributed by atoms with Crippen molar-refractivity contribution in [1.29, 1.82) is 0 Å². The summed E-state index contributed by atoms with van der Waals surface area (Å²) < 4.78 is 18.2. The Bertz CT molecular complexity index is 2370. The van der Waals surface area contributed by atoms with Crippen molar-refractivity contribution in [3.05, 3.63) is 85.8 Å². The van der Waals surface area contributed by atoms with Crippen molar-refractivity contribution in [2.45, 2.75) is 92.5 Å². The van der Waals surface area contributed by atoms with Gasteiger partial charge in [0, 0.05) is 45.4 Å². The molecule has 0 aliphatic carbocycles. The van der Waals surface area contributed by atoms with Gasteiger partial charge in [-0.15, -0.1) is 47.3 Å². The zero-order chi connectivity index (χ0) is 40.4. The van der Waals surface area contributed by atoms with Crippen molar-refractivity contribution in [2.75, 3.05) is 33.3 Å². The Morgan fingerprint density at radius 1 is 0.714 bits per heavy atom. The van der Waals surface area contributed by atoms with Gasteiger partial charge < -0.3 is 23.4 Å². The van der Waals surface area contributed by atoms with Crippen LogP contribution in [0.2, 0.25) is 0 Å². The van der Waals surface area contributed by atoms with Gasteiger partial charge in [-0.1, -0.05) is 21.3 Å². The summed E-state index contributed by atoms with van der Waals surface area (Å²) in [5.41, 5.74) is -3.33. The van der Waals surface area contributed by atoms with E-state index in [1.807, 2.05) is 0 Å². The fourth-order valence-electron chi connectivity index (χ4n) is 6.50. The van der Waals surface area contributed by atoms with Gasteiger partial charge >= 0.3 is 25.8 Å². The number of hydrogen-bond donors (Lipinski definition) is 1. The molecule has 17 nitrogen and oxygen atoms in total. The highest BCUT2D eigenvalue weighted by Crippen LogP contribution is 2.14. The summed E-state index contributed by atoms with van der Waals surface area (Å²) in [6.45, 7) is 5.27. The number of nitrogens with one attached hydrogen (secondary N) is 1. The van der Waals surface area contributed by atoms with Gasteiger partial charge in [-0.2, -0.15) is 0 Å². The summed E-state index contributed by atoms with van der Waals surface area (Å²) >= 11 is 9.31. The predicted molar refractivity (Wildman–Crippen MR) is 224 cm³/mol. The van der Waals surface area contributed by atoms with E-state index in [2.05, 4.69) is 52.3 Å². The third-order valence-corrected chi connectivity index (χ3v) is 9.18. The van der Waals surface area contributed by atoms with Crippen LogP contribution in [0.15, 0.2) is 49.7 Å². The molecule has 2 aliphatic rings. The number of aryl methyl sites for hydroxylation is 2. The number of halogens is 3. The maximum absolute atomic E-state index is 13.0. The molecule has 0 atom stereocenters. The van der Waals surface area contributed by atoms with E-state index in [0.717, 1.165) is 52.2 Å². The highest BCUT2D eigenvalue weighted by atomic mass is 79.9. The van der Waals surface area contributed by atoms with Crippen LogP contribution in [-0.4, -0.2) is 76.8 Å². The second kappa shape index (κ2) is 21.6. The van der Waals surface area contributed by atoms with E-state index < -0.39 is 33.7 Å². The molecule has 2 aliphatic heterocycles. The van der Waals surface area contributed by atoms with Crippen LogP contribution in [-0.2, 0) is 47.0 Å². The second-order valence-corrected chi connectivity index (χ2v) is 19.2. The number of amides is 2. The van der Waals surface area contributed by atoms with Crippen LogP contribution in [0, 0.1) is 0 Å². The predicted octanol–water partition coefficient (Wildman–Crippen LogP) is 3.31. The van der Waals surface area contributed by atoms with E-state index in [-0.39, 0.29) is 64.4 Å². The van der Waals surface area contributed by atoms with Gasteiger partial charge in [0.2, 0.25) is 23.2 Å². The minimum atomic E-state index is -0.755. The number of hydrogen-bond acceptors (Lipinski definition) is 11. The first-order valence-electron chi connectivity index (χ1n) is 17.8. The van der Waals surface area contributed by atoms with E-state index in [9.17, 15) is 38.4 Å². The fourth-order valence-corrected chi connectivity index (χ4v) is 6.50. The Morgan fingerprint density at radius 2 is 1.16 bits per heavy atom. The van der Waals surface area contributed by atoms with Gasteiger partial charge in [0.25, 0.3) is 11.1 Å². The molecule has 0 saturated carbocycles. The number of ether oxygens (including phenoxy) is 1. The molecular formula is C35H46BBr3N6O11. The molecule has 6 rings (SSSR count). The molecule has 6 heterocycles. The minimum Gasteiger partial charge on any atom is -0.405 e. The van der Waals surface area contributed by atoms with Crippen molar-refractivity contribution < 1.29 is 23.2 Å². The third kappa shape index (κ3) is 11.4. The van der Waals surface area contributed by atoms with E-state index >= 15 is 0 Å². The van der Waals surface area contributed by atoms with E-state index in [1.54, 1.807) is 23.6 Å². The smallest absolute Gasteiger partial charge is 0.369 e. The van der Waals surface area contributed by atoms with Crippen molar-refractivity contribution in [1.82, 2.24) is 28.5 Å². The first kappa shape index (κ1) is 46.6. The molecule has 0 bridgehead atoms. The number of likely N-dealkylation sites (tertiary alicyclic amines) is 2. The van der Waals surface area contributed by atoms with Crippen molar-refractivity contribution in [2.24, 2.45) is 0 Å². The lowest BCUT2D eigenvalue weighted by atomic mass is 10.1. The number of piperidine rings is 2. The Hall–Kier alpha value is -3.82. The molecule has 0 unspecified atom stereocenters. The van der Waals surface area contributed by atoms with Crippen LogP contribution < -0.4 is 33.7 Å². The molecule has 2 fully saturated rings. The Kier molecular flexibility index (Phi) is 18.0. The highest BCUT2D eigenvalue weighted by Gasteiger charge is 2.24. The quantitative estimate of drug-likeness (QED) is 0.254. The molecule has 306 valence electrons. The zero-order valence-corrected chi connectivity index (χ0v) is 35.5. The lowest BCUT2D eigenvalue weighted by Crippen LogP contribution is -2.46. The Labute approximate surface area is 346 Å². The summed E-state index contributed by atoms with van der Waals surface area (Å²) in [7, 11) is 1.38. The maximum Gasteiger partial charge on any atom is 0.369 e. The summed E-state index contributed by atoms with van der Waals surface area (Å²) in [6, 6.07) is 2.47. The molecule has 21 heteroatoms. The number of aromatic amines is 1. The third-order valence-electron chi connectivity index (χ3n) is 9.18. The summed E-state index contributed by atoms with van der Waals surface area (Å²) in [6.07, 6.45) is 6.68. The molecule has 56 heavy (non-hydrogen) atoms. The largest absolute Gasteiger partial charge is 0.405 e. The highest BCUT2D eigenvalue weighted by molar-refractivity contribution is 9.69.